The van der Waals surface area contributed by atoms with Crippen LogP contribution >= 0.6 is 11.8 Å². The van der Waals surface area contributed by atoms with Gasteiger partial charge in [0.05, 0.1) is 12.1 Å². The van der Waals surface area contributed by atoms with Crippen LogP contribution in [-0.4, -0.2) is 28.8 Å². The third kappa shape index (κ3) is 5.47. The van der Waals surface area contributed by atoms with Gasteiger partial charge in [0.15, 0.2) is 0 Å². The number of aliphatic hydroxyl groups excluding tert-OH is 1. The van der Waals surface area contributed by atoms with E-state index in [-0.39, 0.29) is 16.9 Å². The number of hydrogen-bond acceptors (Lipinski definition) is 3. The molecule has 0 fully saturated rings. The Labute approximate surface area is 128 Å². The molecule has 0 aliphatic heterocycles. The summed E-state index contributed by atoms with van der Waals surface area (Å²) in [6.45, 7) is 9.93. The van der Waals surface area contributed by atoms with Crippen molar-refractivity contribution in [2.75, 3.05) is 18.9 Å². The number of hydrogen-bond donors (Lipinski definition) is 2. The van der Waals surface area contributed by atoms with E-state index in [1.54, 1.807) is 0 Å². The van der Waals surface area contributed by atoms with Gasteiger partial charge in [-0.1, -0.05) is 58.0 Å². The second kappa shape index (κ2) is 8.06. The van der Waals surface area contributed by atoms with E-state index in [9.17, 15) is 5.11 Å². The van der Waals surface area contributed by atoms with E-state index >= 15 is 0 Å². The average Bonchev–Trinajstić information content (AvgIpc) is 2.42. The minimum Gasteiger partial charge on any atom is -0.394 e. The van der Waals surface area contributed by atoms with E-state index in [1.807, 2.05) is 30.0 Å². The van der Waals surface area contributed by atoms with Gasteiger partial charge < -0.3 is 10.4 Å². The Kier molecular flexibility index (Phi) is 7.07. The van der Waals surface area contributed by atoms with Gasteiger partial charge in [0.1, 0.15) is 0 Å². The van der Waals surface area contributed by atoms with Gasteiger partial charge in [0, 0.05) is 4.75 Å². The van der Waals surface area contributed by atoms with E-state index < -0.39 is 0 Å². The first-order valence-corrected chi connectivity index (χ1v) is 8.47. The molecule has 0 bridgehead atoms. The molecule has 1 rings (SSSR count). The largest absolute Gasteiger partial charge is 0.394 e. The van der Waals surface area contributed by atoms with Gasteiger partial charge in [0.25, 0.3) is 0 Å². The summed E-state index contributed by atoms with van der Waals surface area (Å²) in [5.41, 5.74) is 0.876. The molecular weight excluding hydrogens is 266 g/mol. The molecule has 2 nitrogen and oxygen atoms in total. The van der Waals surface area contributed by atoms with E-state index in [0.717, 1.165) is 25.1 Å². The highest BCUT2D eigenvalue weighted by molar-refractivity contribution is 8.00. The zero-order chi connectivity index (χ0) is 15.1. The van der Waals surface area contributed by atoms with Crippen molar-refractivity contribution < 1.29 is 5.11 Å². The van der Waals surface area contributed by atoms with Crippen LogP contribution in [-0.2, 0) is 5.54 Å². The molecule has 3 heteroatoms. The van der Waals surface area contributed by atoms with Crippen molar-refractivity contribution in [2.24, 2.45) is 0 Å². The first kappa shape index (κ1) is 17.5. The van der Waals surface area contributed by atoms with Crippen LogP contribution in [0.15, 0.2) is 30.3 Å². The molecule has 0 radical (unpaired) electrons. The molecule has 1 atom stereocenters. The third-order valence-electron chi connectivity index (χ3n) is 3.37. The highest BCUT2D eigenvalue weighted by Crippen LogP contribution is 2.30. The first-order chi connectivity index (χ1) is 9.43. The van der Waals surface area contributed by atoms with Gasteiger partial charge in [0.2, 0.25) is 0 Å². The Morgan fingerprint density at radius 1 is 1.15 bits per heavy atom. The Morgan fingerprint density at radius 2 is 1.80 bits per heavy atom. The zero-order valence-corrected chi connectivity index (χ0v) is 14.1. The van der Waals surface area contributed by atoms with Gasteiger partial charge in [-0.2, -0.15) is 11.8 Å². The third-order valence-corrected chi connectivity index (χ3v) is 4.65. The lowest BCUT2D eigenvalue weighted by molar-refractivity contribution is 0.157. The summed E-state index contributed by atoms with van der Waals surface area (Å²) in [6.07, 6.45) is 2.01. The summed E-state index contributed by atoms with van der Waals surface area (Å²) < 4.78 is 0.267. The monoisotopic (exact) mass is 295 g/mol. The number of thioether (sulfide) groups is 1. The summed E-state index contributed by atoms with van der Waals surface area (Å²) in [4.78, 5) is 0. The number of benzene rings is 1. The predicted octanol–water partition coefficient (Wildman–Crippen LogP) is 3.80. The van der Waals surface area contributed by atoms with Crippen LogP contribution in [0, 0.1) is 0 Å². The fraction of sp³-hybridized carbons (Fsp3) is 0.647. The minimum atomic E-state index is -0.310. The Hall–Kier alpha value is -0.510. The molecule has 0 aliphatic rings. The quantitative estimate of drug-likeness (QED) is 0.765. The maximum absolute atomic E-state index is 10.0. The van der Waals surface area contributed by atoms with Crippen molar-refractivity contribution in [2.45, 2.75) is 50.8 Å². The van der Waals surface area contributed by atoms with Crippen LogP contribution in [0.1, 0.15) is 46.1 Å². The first-order valence-electron chi connectivity index (χ1n) is 7.49. The molecule has 0 spiro atoms. The SMILES string of the molecule is CCCNC(CO)(CCSC(C)(C)C)c1ccccc1. The zero-order valence-electron chi connectivity index (χ0n) is 13.3. The minimum absolute atomic E-state index is 0.141. The van der Waals surface area contributed by atoms with E-state index in [2.05, 4.69) is 45.1 Å². The Balaban J connectivity index is 2.83. The molecule has 114 valence electrons. The molecule has 0 saturated carbocycles. The molecule has 0 saturated heterocycles. The highest BCUT2D eigenvalue weighted by Gasteiger charge is 2.30. The Morgan fingerprint density at radius 3 is 2.30 bits per heavy atom. The summed E-state index contributed by atoms with van der Waals surface area (Å²) in [7, 11) is 0. The topological polar surface area (TPSA) is 32.3 Å². The summed E-state index contributed by atoms with van der Waals surface area (Å²) >= 11 is 1.95. The van der Waals surface area contributed by atoms with Crippen LogP contribution in [0.25, 0.3) is 0 Å². The van der Waals surface area contributed by atoms with E-state index in [0.29, 0.717) is 0 Å². The second-order valence-corrected chi connectivity index (χ2v) is 8.17. The fourth-order valence-electron chi connectivity index (χ4n) is 2.21. The molecular formula is C17H29NOS. The van der Waals surface area contributed by atoms with Crippen LogP contribution in [0.5, 0.6) is 0 Å². The summed E-state index contributed by atoms with van der Waals surface area (Å²) in [5, 5.41) is 13.6. The van der Waals surface area contributed by atoms with Crippen molar-refractivity contribution in [1.29, 1.82) is 0 Å². The Bertz CT molecular complexity index is 374. The normalized spacial score (nSPS) is 15.1. The van der Waals surface area contributed by atoms with Gasteiger partial charge in [-0.25, -0.2) is 0 Å². The molecule has 1 unspecified atom stereocenters. The van der Waals surface area contributed by atoms with Crippen LogP contribution in [0.2, 0.25) is 0 Å². The van der Waals surface area contributed by atoms with Crippen LogP contribution in [0.3, 0.4) is 0 Å². The van der Waals surface area contributed by atoms with Gasteiger partial charge in [-0.15, -0.1) is 0 Å². The highest BCUT2D eigenvalue weighted by atomic mass is 32.2. The maximum Gasteiger partial charge on any atom is 0.0677 e. The molecule has 0 heterocycles. The molecule has 0 aliphatic carbocycles. The molecule has 0 amide bonds. The van der Waals surface area contributed by atoms with Crippen molar-refractivity contribution >= 4 is 11.8 Å². The fourth-order valence-corrected chi connectivity index (χ4v) is 3.28. The van der Waals surface area contributed by atoms with Crippen molar-refractivity contribution in [3.63, 3.8) is 0 Å². The maximum atomic E-state index is 10.0. The summed E-state index contributed by atoms with van der Waals surface area (Å²) in [5.74, 6) is 1.04. The van der Waals surface area contributed by atoms with Crippen molar-refractivity contribution in [1.82, 2.24) is 5.32 Å². The van der Waals surface area contributed by atoms with Gasteiger partial charge in [-0.3, -0.25) is 0 Å². The molecule has 20 heavy (non-hydrogen) atoms. The van der Waals surface area contributed by atoms with Gasteiger partial charge >= 0.3 is 0 Å². The second-order valence-electron chi connectivity index (χ2n) is 6.24. The van der Waals surface area contributed by atoms with Crippen molar-refractivity contribution in [3.8, 4) is 0 Å². The average molecular weight is 295 g/mol. The molecule has 2 N–H and O–H groups in total. The smallest absolute Gasteiger partial charge is 0.0677 e. The molecule has 1 aromatic carbocycles. The number of aliphatic hydroxyl groups is 1. The van der Waals surface area contributed by atoms with Crippen molar-refractivity contribution in [3.05, 3.63) is 35.9 Å². The van der Waals surface area contributed by atoms with Crippen LogP contribution in [0.4, 0.5) is 0 Å². The van der Waals surface area contributed by atoms with E-state index in [4.69, 9.17) is 0 Å². The summed E-state index contributed by atoms with van der Waals surface area (Å²) in [6, 6.07) is 10.3. The number of nitrogens with one attached hydrogen (secondary N) is 1. The lowest BCUT2D eigenvalue weighted by Gasteiger charge is -2.34. The molecule has 1 aromatic rings. The van der Waals surface area contributed by atoms with Crippen LogP contribution < -0.4 is 5.32 Å². The van der Waals surface area contributed by atoms with Gasteiger partial charge in [-0.05, 0) is 30.7 Å². The van der Waals surface area contributed by atoms with E-state index in [1.165, 1.54) is 5.56 Å². The lowest BCUT2D eigenvalue weighted by Crippen LogP contribution is -2.46. The number of rotatable bonds is 8. The standard InChI is InChI=1S/C17H29NOS/c1-5-12-18-17(14-19,11-13-20-16(2,3)4)15-9-7-6-8-10-15/h6-10,18-19H,5,11-14H2,1-4H3. The lowest BCUT2D eigenvalue weighted by atomic mass is 9.88. The predicted molar refractivity (Wildman–Crippen MR) is 90.3 cm³/mol. The molecule has 0 aromatic heterocycles.